The van der Waals surface area contributed by atoms with Gasteiger partial charge in [-0.25, -0.2) is 0 Å². The van der Waals surface area contributed by atoms with Crippen LogP contribution >= 0.6 is 0 Å². The third-order valence-electron chi connectivity index (χ3n) is 3.42. The van der Waals surface area contributed by atoms with Gasteiger partial charge in [-0.15, -0.1) is 0 Å². The van der Waals surface area contributed by atoms with E-state index in [4.69, 9.17) is 19.4 Å². The Labute approximate surface area is 116 Å². The van der Waals surface area contributed by atoms with Crippen LogP contribution < -0.4 is 0 Å². The molecule has 1 N–H and O–H groups in total. The van der Waals surface area contributed by atoms with Crippen LogP contribution in [0.5, 0.6) is 0 Å². The largest absolute Gasteiger partial charge is 0.410 e. The van der Waals surface area contributed by atoms with Crippen molar-refractivity contribution in [1.29, 1.82) is 0 Å². The number of benzene rings is 1. The first-order valence-corrected chi connectivity index (χ1v) is 6.14. The average molecular weight is 279 g/mol. The molecule has 0 saturated carbocycles. The van der Waals surface area contributed by atoms with Gasteiger partial charge in [0.2, 0.25) is 5.78 Å². The van der Waals surface area contributed by atoms with E-state index in [1.165, 1.54) is 14.2 Å². The number of nitrogens with zero attached hydrogens (tertiary/aromatic N) is 1. The molecule has 3 atom stereocenters. The van der Waals surface area contributed by atoms with Gasteiger partial charge in [0.1, 0.15) is 0 Å². The lowest BCUT2D eigenvalue weighted by molar-refractivity contribution is -0.274. The summed E-state index contributed by atoms with van der Waals surface area (Å²) < 4.78 is 16.3. The van der Waals surface area contributed by atoms with E-state index in [1.807, 2.05) is 6.07 Å². The highest BCUT2D eigenvalue weighted by Gasteiger charge is 2.51. The minimum atomic E-state index is -1.22. The molecule has 0 aliphatic carbocycles. The van der Waals surface area contributed by atoms with Crippen molar-refractivity contribution in [3.63, 3.8) is 0 Å². The quantitative estimate of drug-likeness (QED) is 0.670. The van der Waals surface area contributed by atoms with Gasteiger partial charge in [0, 0.05) is 14.2 Å². The van der Waals surface area contributed by atoms with E-state index in [-0.39, 0.29) is 5.71 Å². The molecular formula is C14H17NO5. The summed E-state index contributed by atoms with van der Waals surface area (Å²) in [6.45, 7) is 1.63. The Balaban J connectivity index is 2.45. The summed E-state index contributed by atoms with van der Waals surface area (Å²) in [4.78, 5) is 12.4. The number of methoxy groups -OCH3 is 2. The van der Waals surface area contributed by atoms with Crippen LogP contribution in [0.4, 0.5) is 0 Å². The molecule has 0 bridgehead atoms. The molecule has 6 heteroatoms. The maximum Gasteiger partial charge on any atom is 0.216 e. The Kier molecular flexibility index (Phi) is 4.17. The Bertz CT molecular complexity index is 516. The van der Waals surface area contributed by atoms with Gasteiger partial charge in [-0.1, -0.05) is 35.5 Å². The summed E-state index contributed by atoms with van der Waals surface area (Å²) in [5.41, 5.74) is 0.549. The maximum absolute atomic E-state index is 12.4. The number of Topliss-reactive ketones (excluding diaryl/α,β-unsaturated/α-hetero) is 1. The van der Waals surface area contributed by atoms with Crippen LogP contribution in [0.15, 0.2) is 35.5 Å². The highest BCUT2D eigenvalue weighted by Crippen LogP contribution is 2.35. The predicted octanol–water partition coefficient (Wildman–Crippen LogP) is 1.53. The second-order valence-electron chi connectivity index (χ2n) is 4.59. The molecule has 1 heterocycles. The standard InChI is InChI=1S/C14H17NO5/c1-14(19-3)13(18-2)10(15-17)11(16)12(20-14)9-7-5-4-6-8-9/h4-8,12-13,17H,1-3H3. The first-order chi connectivity index (χ1) is 9.57. The molecule has 0 radical (unpaired) electrons. The fourth-order valence-corrected chi connectivity index (χ4v) is 2.29. The van der Waals surface area contributed by atoms with Crippen molar-refractivity contribution < 1.29 is 24.2 Å². The molecule has 1 saturated heterocycles. The lowest BCUT2D eigenvalue weighted by Crippen LogP contribution is -2.58. The molecule has 1 aromatic carbocycles. The van der Waals surface area contributed by atoms with Crippen molar-refractivity contribution in [3.8, 4) is 0 Å². The zero-order valence-corrected chi connectivity index (χ0v) is 11.6. The van der Waals surface area contributed by atoms with E-state index < -0.39 is 23.8 Å². The normalized spacial score (nSPS) is 32.5. The fraction of sp³-hybridized carbons (Fsp3) is 0.429. The summed E-state index contributed by atoms with van der Waals surface area (Å²) in [5, 5.41) is 12.2. The fourth-order valence-electron chi connectivity index (χ4n) is 2.29. The van der Waals surface area contributed by atoms with Crippen molar-refractivity contribution in [3.05, 3.63) is 35.9 Å². The first-order valence-electron chi connectivity index (χ1n) is 6.14. The van der Waals surface area contributed by atoms with Gasteiger partial charge in [-0.2, -0.15) is 0 Å². The monoisotopic (exact) mass is 279 g/mol. The van der Waals surface area contributed by atoms with Crippen LogP contribution in [-0.2, 0) is 19.0 Å². The van der Waals surface area contributed by atoms with Crippen molar-refractivity contribution in [2.45, 2.75) is 24.9 Å². The summed E-state index contributed by atoms with van der Waals surface area (Å²) in [5.74, 6) is -1.66. The zero-order chi connectivity index (χ0) is 14.8. The van der Waals surface area contributed by atoms with Gasteiger partial charge >= 0.3 is 0 Å². The topological polar surface area (TPSA) is 77.4 Å². The maximum atomic E-state index is 12.4. The van der Waals surface area contributed by atoms with E-state index >= 15 is 0 Å². The number of carbonyl (C=O) groups is 1. The molecule has 0 spiro atoms. The average Bonchev–Trinajstić information content (AvgIpc) is 2.49. The number of ketones is 1. The van der Waals surface area contributed by atoms with Crippen LogP contribution in [0, 0.1) is 0 Å². The summed E-state index contributed by atoms with van der Waals surface area (Å²) >= 11 is 0. The molecule has 0 aromatic heterocycles. The van der Waals surface area contributed by atoms with Gasteiger partial charge in [0.15, 0.2) is 23.7 Å². The Morgan fingerprint density at radius 2 is 1.95 bits per heavy atom. The summed E-state index contributed by atoms with van der Waals surface area (Å²) in [7, 11) is 2.84. The highest BCUT2D eigenvalue weighted by atomic mass is 16.7. The van der Waals surface area contributed by atoms with Crippen molar-refractivity contribution in [1.82, 2.24) is 0 Å². The van der Waals surface area contributed by atoms with E-state index in [9.17, 15) is 4.79 Å². The molecule has 1 aliphatic rings. The lowest BCUT2D eigenvalue weighted by atomic mass is 9.91. The number of oxime groups is 1. The van der Waals surface area contributed by atoms with E-state index in [1.54, 1.807) is 31.2 Å². The second-order valence-corrected chi connectivity index (χ2v) is 4.59. The molecule has 3 unspecified atom stereocenters. The van der Waals surface area contributed by atoms with Gasteiger partial charge in [0.25, 0.3) is 0 Å². The van der Waals surface area contributed by atoms with E-state index in [0.29, 0.717) is 5.56 Å². The molecule has 0 amide bonds. The first kappa shape index (κ1) is 14.6. The van der Waals surface area contributed by atoms with Crippen LogP contribution in [0.2, 0.25) is 0 Å². The van der Waals surface area contributed by atoms with Crippen LogP contribution in [-0.4, -0.2) is 42.8 Å². The number of hydrogen-bond donors (Lipinski definition) is 1. The van der Waals surface area contributed by atoms with Crippen molar-refractivity contribution in [2.75, 3.05) is 14.2 Å². The van der Waals surface area contributed by atoms with Gasteiger partial charge in [0.05, 0.1) is 0 Å². The molecule has 2 rings (SSSR count). The highest BCUT2D eigenvalue weighted by molar-refractivity contribution is 6.43. The smallest absolute Gasteiger partial charge is 0.216 e. The number of rotatable bonds is 3. The van der Waals surface area contributed by atoms with Crippen LogP contribution in [0.3, 0.4) is 0 Å². The Hall–Kier alpha value is -1.76. The molecule has 20 heavy (non-hydrogen) atoms. The van der Waals surface area contributed by atoms with Gasteiger partial charge in [-0.3, -0.25) is 4.79 Å². The second kappa shape index (κ2) is 5.70. The Morgan fingerprint density at radius 3 is 2.45 bits per heavy atom. The molecule has 6 nitrogen and oxygen atoms in total. The number of ether oxygens (including phenoxy) is 3. The molecule has 108 valence electrons. The van der Waals surface area contributed by atoms with Gasteiger partial charge in [-0.05, 0) is 12.5 Å². The van der Waals surface area contributed by atoms with Gasteiger partial charge < -0.3 is 19.4 Å². The molecule has 1 aromatic rings. The molecule has 1 fully saturated rings. The minimum absolute atomic E-state index is 0.114. The summed E-state index contributed by atoms with van der Waals surface area (Å²) in [6, 6.07) is 8.97. The number of hydrogen-bond acceptors (Lipinski definition) is 6. The zero-order valence-electron chi connectivity index (χ0n) is 11.6. The Morgan fingerprint density at radius 1 is 1.30 bits per heavy atom. The van der Waals surface area contributed by atoms with Crippen LogP contribution in [0.1, 0.15) is 18.6 Å². The van der Waals surface area contributed by atoms with E-state index in [2.05, 4.69) is 5.16 Å². The SMILES string of the molecule is COC1C(=NO)C(=O)C(c2ccccc2)OC1(C)OC. The molecule has 1 aliphatic heterocycles. The third kappa shape index (κ3) is 2.33. The van der Waals surface area contributed by atoms with Crippen molar-refractivity contribution >= 4 is 11.5 Å². The van der Waals surface area contributed by atoms with Crippen LogP contribution in [0.25, 0.3) is 0 Å². The third-order valence-corrected chi connectivity index (χ3v) is 3.42. The predicted molar refractivity (Wildman–Crippen MR) is 70.7 cm³/mol. The van der Waals surface area contributed by atoms with E-state index in [0.717, 1.165) is 0 Å². The lowest BCUT2D eigenvalue weighted by Gasteiger charge is -2.41. The minimum Gasteiger partial charge on any atom is -0.410 e. The number of carbonyl (C=O) groups excluding carboxylic acids is 1. The van der Waals surface area contributed by atoms with Crippen molar-refractivity contribution in [2.24, 2.45) is 5.16 Å². The molecular weight excluding hydrogens is 262 g/mol. The summed E-state index contributed by atoms with van der Waals surface area (Å²) in [6.07, 6.45) is -1.79.